The summed E-state index contributed by atoms with van der Waals surface area (Å²) >= 11 is 0. The quantitative estimate of drug-likeness (QED) is 0.665. The van der Waals surface area contributed by atoms with E-state index in [-0.39, 0.29) is 6.61 Å². The zero-order valence-corrected chi connectivity index (χ0v) is 7.08. The van der Waals surface area contributed by atoms with E-state index in [1.807, 2.05) is 37.3 Å². The van der Waals surface area contributed by atoms with Crippen LogP contribution in [-0.4, -0.2) is 6.61 Å². The van der Waals surface area contributed by atoms with E-state index in [9.17, 15) is 5.11 Å². The number of rotatable bonds is 2. The van der Waals surface area contributed by atoms with E-state index in [0.717, 1.165) is 16.8 Å². The maximum Gasteiger partial charge on any atom is 0.103 e. The van der Waals surface area contributed by atoms with Gasteiger partial charge in [-0.15, -0.1) is 0 Å². The van der Waals surface area contributed by atoms with Crippen molar-refractivity contribution in [2.75, 3.05) is 12.3 Å². The second-order valence-corrected chi connectivity index (χ2v) is 2.81. The fourth-order valence-corrected chi connectivity index (χ4v) is 0.975. The van der Waals surface area contributed by atoms with Crippen molar-refractivity contribution in [3.8, 4) is 0 Å². The van der Waals surface area contributed by atoms with Crippen molar-refractivity contribution in [2.24, 2.45) is 0 Å². The molecule has 0 aromatic heterocycles. The Morgan fingerprint density at radius 2 is 2.33 bits per heavy atom. The number of nitrogens with two attached hydrogens (primary N) is 1. The highest BCUT2D eigenvalue weighted by atomic mass is 16.3. The van der Waals surface area contributed by atoms with Crippen LogP contribution in [0.25, 0.3) is 6.08 Å². The lowest BCUT2D eigenvalue weighted by molar-refractivity contribution is 0.224. The van der Waals surface area contributed by atoms with Crippen molar-refractivity contribution < 1.29 is 5.11 Å². The lowest BCUT2D eigenvalue weighted by Gasteiger charge is -1.97. The predicted molar refractivity (Wildman–Crippen MR) is 50.1 cm³/mol. The molecule has 0 amide bonds. The Labute approximate surface area is 72.3 Å². The van der Waals surface area contributed by atoms with Gasteiger partial charge in [-0.3, -0.25) is 0 Å². The minimum absolute atomic E-state index is 0.158. The number of hydrogen-bond acceptors (Lipinski definition) is 1. The lowest BCUT2D eigenvalue weighted by Crippen LogP contribution is -1.86. The number of benzene rings is 1. The summed E-state index contributed by atoms with van der Waals surface area (Å²) in [5, 5.41) is 10.4. The van der Waals surface area contributed by atoms with Gasteiger partial charge in [0.15, 0.2) is 0 Å². The Morgan fingerprint density at radius 1 is 1.58 bits per heavy atom. The molecule has 0 aliphatic carbocycles. The standard InChI is InChI=1S/C10H12NO/c1-8(7-12)5-9-3-2-4-10(11)6-9/h2-6H,7,11H2,1H3/b8-5+. The van der Waals surface area contributed by atoms with Gasteiger partial charge in [0.05, 0.1) is 0 Å². The Morgan fingerprint density at radius 3 is 2.92 bits per heavy atom. The van der Waals surface area contributed by atoms with E-state index in [0.29, 0.717) is 0 Å². The Balaban J connectivity index is 2.89. The van der Waals surface area contributed by atoms with Crippen LogP contribution >= 0.6 is 0 Å². The van der Waals surface area contributed by atoms with Gasteiger partial charge in [0.25, 0.3) is 0 Å². The van der Waals surface area contributed by atoms with Crippen LogP contribution in [0.1, 0.15) is 12.5 Å². The Kier molecular flexibility index (Phi) is 2.88. The summed E-state index contributed by atoms with van der Waals surface area (Å²) in [6.07, 6.45) is 1.85. The second kappa shape index (κ2) is 3.93. The van der Waals surface area contributed by atoms with Crippen LogP contribution in [0.4, 0.5) is 5.69 Å². The molecule has 0 fully saturated rings. The maximum atomic E-state index is 10.4. The van der Waals surface area contributed by atoms with Crippen molar-refractivity contribution >= 4 is 11.8 Å². The fraction of sp³-hybridized carbons (Fsp3) is 0.200. The van der Waals surface area contributed by atoms with Crippen LogP contribution in [0.5, 0.6) is 0 Å². The molecular formula is C10H12NO. The second-order valence-electron chi connectivity index (χ2n) is 2.81. The molecule has 63 valence electrons. The van der Waals surface area contributed by atoms with Crippen molar-refractivity contribution in [2.45, 2.75) is 6.92 Å². The SMILES string of the molecule is C/C(=C\c1cccc(N)c1)C[O]. The first-order valence-corrected chi connectivity index (χ1v) is 3.83. The largest absolute Gasteiger partial charge is 0.399 e. The summed E-state index contributed by atoms with van der Waals surface area (Å²) in [5.41, 5.74) is 8.10. The summed E-state index contributed by atoms with van der Waals surface area (Å²) in [5.74, 6) is 0. The molecule has 1 aromatic carbocycles. The third kappa shape index (κ3) is 2.40. The van der Waals surface area contributed by atoms with Crippen molar-refractivity contribution in [3.63, 3.8) is 0 Å². The predicted octanol–water partition coefficient (Wildman–Crippen LogP) is 2.10. The summed E-state index contributed by atoms with van der Waals surface area (Å²) < 4.78 is 0. The molecule has 0 saturated carbocycles. The van der Waals surface area contributed by atoms with Crippen LogP contribution in [0.2, 0.25) is 0 Å². The van der Waals surface area contributed by atoms with Gasteiger partial charge in [-0.05, 0) is 30.2 Å². The zero-order chi connectivity index (χ0) is 8.97. The van der Waals surface area contributed by atoms with Crippen LogP contribution in [-0.2, 0) is 5.11 Å². The molecule has 0 heterocycles. The summed E-state index contributed by atoms with van der Waals surface area (Å²) in [6.45, 7) is 1.66. The molecule has 0 aliphatic rings. The minimum Gasteiger partial charge on any atom is -0.399 e. The first-order valence-electron chi connectivity index (χ1n) is 3.83. The molecule has 0 spiro atoms. The van der Waals surface area contributed by atoms with Crippen LogP contribution in [0.15, 0.2) is 29.8 Å². The molecule has 0 atom stereocenters. The van der Waals surface area contributed by atoms with Gasteiger partial charge >= 0.3 is 0 Å². The average molecular weight is 162 g/mol. The summed E-state index contributed by atoms with van der Waals surface area (Å²) in [6, 6.07) is 7.47. The number of anilines is 1. The molecule has 1 rings (SSSR count). The maximum absolute atomic E-state index is 10.4. The van der Waals surface area contributed by atoms with Crippen LogP contribution < -0.4 is 5.73 Å². The summed E-state index contributed by atoms with van der Waals surface area (Å²) in [7, 11) is 0. The highest BCUT2D eigenvalue weighted by molar-refractivity contribution is 5.57. The molecular weight excluding hydrogens is 150 g/mol. The highest BCUT2D eigenvalue weighted by Gasteiger charge is 1.90. The average Bonchev–Trinajstić information content (AvgIpc) is 2.04. The topological polar surface area (TPSA) is 45.9 Å². The van der Waals surface area contributed by atoms with E-state index in [2.05, 4.69) is 0 Å². The first-order chi connectivity index (χ1) is 5.72. The Bertz CT molecular complexity index is 292. The molecule has 2 nitrogen and oxygen atoms in total. The molecule has 0 unspecified atom stereocenters. The van der Waals surface area contributed by atoms with Gasteiger partial charge in [-0.1, -0.05) is 18.2 Å². The summed E-state index contributed by atoms with van der Waals surface area (Å²) in [4.78, 5) is 0. The highest BCUT2D eigenvalue weighted by Crippen LogP contribution is 2.10. The van der Waals surface area contributed by atoms with Crippen molar-refractivity contribution in [1.29, 1.82) is 0 Å². The molecule has 0 aliphatic heterocycles. The van der Waals surface area contributed by atoms with E-state index < -0.39 is 0 Å². The normalized spacial score (nSPS) is 11.7. The monoisotopic (exact) mass is 162 g/mol. The molecule has 2 N–H and O–H groups in total. The fourth-order valence-electron chi connectivity index (χ4n) is 0.975. The van der Waals surface area contributed by atoms with Crippen LogP contribution in [0, 0.1) is 0 Å². The van der Waals surface area contributed by atoms with Crippen LogP contribution in [0.3, 0.4) is 0 Å². The molecule has 1 aromatic rings. The van der Waals surface area contributed by atoms with E-state index in [1.165, 1.54) is 0 Å². The number of nitrogen functional groups attached to an aromatic ring is 1. The smallest absolute Gasteiger partial charge is 0.103 e. The van der Waals surface area contributed by atoms with Crippen molar-refractivity contribution in [3.05, 3.63) is 35.4 Å². The van der Waals surface area contributed by atoms with E-state index in [1.54, 1.807) is 0 Å². The third-order valence-electron chi connectivity index (χ3n) is 1.55. The van der Waals surface area contributed by atoms with Gasteiger partial charge in [-0.25, -0.2) is 5.11 Å². The van der Waals surface area contributed by atoms with E-state index >= 15 is 0 Å². The molecule has 0 bridgehead atoms. The Hall–Kier alpha value is -1.28. The third-order valence-corrected chi connectivity index (χ3v) is 1.55. The molecule has 1 radical (unpaired) electrons. The van der Waals surface area contributed by atoms with Gasteiger partial charge < -0.3 is 5.73 Å². The molecule has 2 heteroatoms. The molecule has 12 heavy (non-hydrogen) atoms. The first kappa shape index (κ1) is 8.81. The van der Waals surface area contributed by atoms with Gasteiger partial charge in [0.1, 0.15) is 6.61 Å². The van der Waals surface area contributed by atoms with Gasteiger partial charge in [0, 0.05) is 5.69 Å². The van der Waals surface area contributed by atoms with Gasteiger partial charge in [0.2, 0.25) is 0 Å². The molecule has 0 saturated heterocycles. The lowest BCUT2D eigenvalue weighted by atomic mass is 10.1. The number of hydrogen-bond donors (Lipinski definition) is 1. The van der Waals surface area contributed by atoms with Gasteiger partial charge in [-0.2, -0.15) is 0 Å². The zero-order valence-electron chi connectivity index (χ0n) is 7.08. The van der Waals surface area contributed by atoms with Crippen molar-refractivity contribution in [1.82, 2.24) is 0 Å². The van der Waals surface area contributed by atoms with E-state index in [4.69, 9.17) is 5.73 Å². The minimum atomic E-state index is -0.158.